The third kappa shape index (κ3) is 2.43. The maximum absolute atomic E-state index is 12.0. The van der Waals surface area contributed by atoms with Crippen molar-refractivity contribution in [1.29, 1.82) is 0 Å². The van der Waals surface area contributed by atoms with Crippen molar-refractivity contribution >= 4 is 11.0 Å². The summed E-state index contributed by atoms with van der Waals surface area (Å²) < 4.78 is 7.16. The molecule has 5 nitrogen and oxygen atoms in total. The molecular weight excluding hydrogens is 242 g/mol. The van der Waals surface area contributed by atoms with Crippen LogP contribution in [0.3, 0.4) is 0 Å². The van der Waals surface area contributed by atoms with E-state index in [0.29, 0.717) is 0 Å². The third-order valence-corrected chi connectivity index (χ3v) is 3.76. The Balaban J connectivity index is 1.82. The van der Waals surface area contributed by atoms with Crippen LogP contribution < -0.4 is 5.69 Å². The van der Waals surface area contributed by atoms with E-state index in [9.17, 15) is 4.79 Å². The van der Waals surface area contributed by atoms with Gasteiger partial charge in [0, 0.05) is 26.2 Å². The molecular formula is C14H19N3O2. The van der Waals surface area contributed by atoms with Gasteiger partial charge < -0.3 is 9.72 Å². The van der Waals surface area contributed by atoms with Crippen molar-refractivity contribution in [1.82, 2.24) is 14.5 Å². The van der Waals surface area contributed by atoms with E-state index in [1.165, 1.54) is 0 Å². The van der Waals surface area contributed by atoms with E-state index in [4.69, 9.17) is 4.74 Å². The predicted molar refractivity (Wildman–Crippen MR) is 74.6 cm³/mol. The number of hydrogen-bond donors (Lipinski definition) is 1. The Kier molecular flexibility index (Phi) is 3.40. The van der Waals surface area contributed by atoms with E-state index >= 15 is 0 Å². The first-order chi connectivity index (χ1) is 9.25. The van der Waals surface area contributed by atoms with Crippen molar-refractivity contribution in [3.05, 3.63) is 34.2 Å². The number of nitrogens with one attached hydrogen (secondary N) is 1. The second-order valence-corrected chi connectivity index (χ2v) is 5.00. The fourth-order valence-corrected chi connectivity index (χ4v) is 2.61. The average molecular weight is 261 g/mol. The second kappa shape index (κ2) is 5.19. The number of morpholine rings is 1. The Bertz CT molecular complexity index is 623. The van der Waals surface area contributed by atoms with Crippen molar-refractivity contribution in [2.45, 2.75) is 13.5 Å². The molecule has 0 spiro atoms. The lowest BCUT2D eigenvalue weighted by molar-refractivity contribution is 0.0364. The number of hydrogen-bond acceptors (Lipinski definition) is 3. The third-order valence-electron chi connectivity index (χ3n) is 3.76. The minimum Gasteiger partial charge on any atom is -0.379 e. The maximum atomic E-state index is 12.0. The van der Waals surface area contributed by atoms with Gasteiger partial charge in [-0.1, -0.05) is 12.1 Å². The van der Waals surface area contributed by atoms with Gasteiger partial charge in [0.05, 0.1) is 24.2 Å². The SMILES string of the molecule is Cc1cccc2c1[nH]c(=O)n2CCN1CCOCC1. The Morgan fingerprint density at radius 2 is 2.05 bits per heavy atom. The molecule has 1 fully saturated rings. The van der Waals surface area contributed by atoms with E-state index in [1.54, 1.807) is 0 Å². The molecule has 5 heteroatoms. The number of fused-ring (bicyclic) bond motifs is 1. The first-order valence-electron chi connectivity index (χ1n) is 6.74. The average Bonchev–Trinajstić information content (AvgIpc) is 2.75. The van der Waals surface area contributed by atoms with Crippen LogP contribution in [0.25, 0.3) is 11.0 Å². The Morgan fingerprint density at radius 1 is 1.26 bits per heavy atom. The monoisotopic (exact) mass is 261 g/mol. The molecule has 0 unspecified atom stereocenters. The first-order valence-corrected chi connectivity index (χ1v) is 6.74. The quantitative estimate of drug-likeness (QED) is 0.895. The number of aryl methyl sites for hydroxylation is 1. The molecule has 3 rings (SSSR count). The van der Waals surface area contributed by atoms with Gasteiger partial charge in [0.1, 0.15) is 0 Å². The molecule has 2 aromatic rings. The lowest BCUT2D eigenvalue weighted by Crippen LogP contribution is -2.39. The largest absolute Gasteiger partial charge is 0.379 e. The van der Waals surface area contributed by atoms with Crippen LogP contribution in [0.1, 0.15) is 5.56 Å². The number of ether oxygens (including phenoxy) is 1. The number of imidazole rings is 1. The van der Waals surface area contributed by atoms with Gasteiger partial charge in [-0.15, -0.1) is 0 Å². The standard InChI is InChI=1S/C14H19N3O2/c1-11-3-2-4-12-13(11)15-14(18)17(12)6-5-16-7-9-19-10-8-16/h2-4H,5-10H2,1H3,(H,15,18). The van der Waals surface area contributed by atoms with Crippen molar-refractivity contribution in [3.8, 4) is 0 Å². The lowest BCUT2D eigenvalue weighted by Gasteiger charge is -2.26. The summed E-state index contributed by atoms with van der Waals surface area (Å²) >= 11 is 0. The van der Waals surface area contributed by atoms with Crippen LogP contribution in [0.2, 0.25) is 0 Å². The van der Waals surface area contributed by atoms with Crippen LogP contribution in [0.4, 0.5) is 0 Å². The zero-order valence-electron chi connectivity index (χ0n) is 11.2. The van der Waals surface area contributed by atoms with Crippen LogP contribution in [-0.4, -0.2) is 47.3 Å². The predicted octanol–water partition coefficient (Wildman–Crippen LogP) is 0.970. The first kappa shape index (κ1) is 12.4. The number of aromatic amines is 1. The molecule has 0 saturated carbocycles. The summed E-state index contributed by atoms with van der Waals surface area (Å²) in [5, 5.41) is 0. The molecule has 0 atom stereocenters. The van der Waals surface area contributed by atoms with E-state index in [1.807, 2.05) is 29.7 Å². The van der Waals surface area contributed by atoms with Crippen molar-refractivity contribution < 1.29 is 4.74 Å². The minimum absolute atomic E-state index is 0.0161. The molecule has 0 amide bonds. The number of benzene rings is 1. The highest BCUT2D eigenvalue weighted by atomic mass is 16.5. The highest BCUT2D eigenvalue weighted by molar-refractivity contribution is 5.78. The lowest BCUT2D eigenvalue weighted by atomic mass is 10.2. The van der Waals surface area contributed by atoms with E-state index in [-0.39, 0.29) is 5.69 Å². The number of nitrogens with zero attached hydrogens (tertiary/aromatic N) is 2. The normalized spacial score (nSPS) is 17.1. The maximum Gasteiger partial charge on any atom is 0.326 e. The summed E-state index contributed by atoms with van der Waals surface area (Å²) in [5.41, 5.74) is 3.05. The van der Waals surface area contributed by atoms with Gasteiger partial charge in [0.25, 0.3) is 0 Å². The zero-order chi connectivity index (χ0) is 13.2. The van der Waals surface area contributed by atoms with Gasteiger partial charge in [0.15, 0.2) is 0 Å². The van der Waals surface area contributed by atoms with Gasteiger partial charge >= 0.3 is 5.69 Å². The number of H-pyrrole nitrogens is 1. The summed E-state index contributed by atoms with van der Waals surface area (Å²) in [5.74, 6) is 0. The van der Waals surface area contributed by atoms with Crippen LogP contribution in [-0.2, 0) is 11.3 Å². The number of aromatic nitrogens is 2. The molecule has 0 radical (unpaired) electrons. The van der Waals surface area contributed by atoms with Crippen molar-refractivity contribution in [2.24, 2.45) is 0 Å². The fraction of sp³-hybridized carbons (Fsp3) is 0.500. The molecule has 1 aliphatic rings. The molecule has 0 bridgehead atoms. The van der Waals surface area contributed by atoms with Crippen LogP contribution >= 0.6 is 0 Å². The number of para-hydroxylation sites is 1. The van der Waals surface area contributed by atoms with Gasteiger partial charge in [-0.05, 0) is 18.6 Å². The van der Waals surface area contributed by atoms with Gasteiger partial charge in [-0.2, -0.15) is 0 Å². The molecule has 1 aromatic carbocycles. The van der Waals surface area contributed by atoms with E-state index in [0.717, 1.165) is 56.0 Å². The summed E-state index contributed by atoms with van der Waals surface area (Å²) in [7, 11) is 0. The van der Waals surface area contributed by atoms with Crippen LogP contribution in [0, 0.1) is 6.92 Å². The van der Waals surface area contributed by atoms with E-state index < -0.39 is 0 Å². The van der Waals surface area contributed by atoms with Gasteiger partial charge in [0.2, 0.25) is 0 Å². The molecule has 1 saturated heterocycles. The summed E-state index contributed by atoms with van der Waals surface area (Å²) in [6.45, 7) is 7.13. The topological polar surface area (TPSA) is 50.3 Å². The van der Waals surface area contributed by atoms with Crippen molar-refractivity contribution in [2.75, 3.05) is 32.8 Å². The fourth-order valence-electron chi connectivity index (χ4n) is 2.61. The Morgan fingerprint density at radius 3 is 2.84 bits per heavy atom. The smallest absolute Gasteiger partial charge is 0.326 e. The molecule has 1 N–H and O–H groups in total. The summed E-state index contributed by atoms with van der Waals surface area (Å²) in [6.07, 6.45) is 0. The molecule has 2 heterocycles. The Labute approximate surface area is 111 Å². The van der Waals surface area contributed by atoms with Crippen molar-refractivity contribution in [3.63, 3.8) is 0 Å². The minimum atomic E-state index is -0.0161. The van der Waals surface area contributed by atoms with Crippen LogP contribution in [0.15, 0.2) is 23.0 Å². The van der Waals surface area contributed by atoms with Crippen LogP contribution in [0.5, 0.6) is 0 Å². The molecule has 1 aromatic heterocycles. The summed E-state index contributed by atoms with van der Waals surface area (Å²) in [4.78, 5) is 17.3. The van der Waals surface area contributed by atoms with Gasteiger partial charge in [-0.3, -0.25) is 9.47 Å². The van der Waals surface area contributed by atoms with E-state index in [2.05, 4.69) is 9.88 Å². The molecule has 19 heavy (non-hydrogen) atoms. The second-order valence-electron chi connectivity index (χ2n) is 5.00. The Hall–Kier alpha value is -1.59. The van der Waals surface area contributed by atoms with Gasteiger partial charge in [-0.25, -0.2) is 4.79 Å². The zero-order valence-corrected chi connectivity index (χ0v) is 11.2. The highest BCUT2D eigenvalue weighted by Crippen LogP contribution is 2.14. The molecule has 0 aliphatic carbocycles. The summed E-state index contributed by atoms with van der Waals surface area (Å²) in [6, 6.07) is 6.01. The molecule has 102 valence electrons. The number of rotatable bonds is 3. The molecule has 1 aliphatic heterocycles. The highest BCUT2D eigenvalue weighted by Gasteiger charge is 2.12.